The van der Waals surface area contributed by atoms with E-state index < -0.39 is 0 Å². The van der Waals surface area contributed by atoms with Crippen molar-refractivity contribution in [2.24, 2.45) is 0 Å². The lowest BCUT2D eigenvalue weighted by atomic mass is 10.3. The molecule has 3 N–H and O–H groups in total. The van der Waals surface area contributed by atoms with Gasteiger partial charge in [0.25, 0.3) is 0 Å². The van der Waals surface area contributed by atoms with Gasteiger partial charge in [-0.1, -0.05) is 0 Å². The maximum absolute atomic E-state index is 9.40. The van der Waals surface area contributed by atoms with E-state index in [1.165, 1.54) is 6.07 Å². The Labute approximate surface area is 93.3 Å². The third-order valence-electron chi connectivity index (χ3n) is 2.12. The number of pyridine rings is 1. The second kappa shape index (κ2) is 4.10. The molecule has 1 heterocycles. The van der Waals surface area contributed by atoms with Crippen LogP contribution in [0.15, 0.2) is 36.5 Å². The van der Waals surface area contributed by atoms with Gasteiger partial charge in [-0.15, -0.1) is 0 Å². The van der Waals surface area contributed by atoms with E-state index in [0.29, 0.717) is 17.2 Å². The van der Waals surface area contributed by atoms with Crippen LogP contribution in [-0.2, 0) is 0 Å². The van der Waals surface area contributed by atoms with Gasteiger partial charge in [0, 0.05) is 11.8 Å². The van der Waals surface area contributed by atoms with E-state index in [2.05, 4.69) is 4.98 Å². The van der Waals surface area contributed by atoms with Crippen LogP contribution in [0.4, 0.5) is 5.69 Å². The number of nitrogens with zero attached hydrogens (tertiary/aromatic N) is 1. The average molecular weight is 216 g/mol. The Kier molecular flexibility index (Phi) is 2.64. The fraction of sp³-hybridized carbons (Fsp3) is 0.0833. The van der Waals surface area contributed by atoms with Gasteiger partial charge in [0.1, 0.15) is 17.2 Å². The minimum absolute atomic E-state index is 0.0116. The Hall–Kier alpha value is -2.23. The van der Waals surface area contributed by atoms with Crippen molar-refractivity contribution in [2.45, 2.75) is 6.92 Å². The smallest absolute Gasteiger partial charge is 0.145 e. The van der Waals surface area contributed by atoms with Gasteiger partial charge in [-0.25, -0.2) is 0 Å². The molecule has 0 saturated heterocycles. The average Bonchev–Trinajstić information content (AvgIpc) is 2.27. The summed E-state index contributed by atoms with van der Waals surface area (Å²) in [5, 5.41) is 9.40. The molecule has 82 valence electrons. The summed E-state index contributed by atoms with van der Waals surface area (Å²) in [6.07, 6.45) is 1.63. The first-order chi connectivity index (χ1) is 7.65. The maximum Gasteiger partial charge on any atom is 0.145 e. The number of hydrogen-bond acceptors (Lipinski definition) is 4. The number of benzene rings is 1. The predicted octanol–water partition coefficient (Wildman–Crippen LogP) is 2.47. The Balaban J connectivity index is 2.20. The normalized spacial score (nSPS) is 10.1. The molecule has 0 spiro atoms. The molecule has 1 aromatic carbocycles. The van der Waals surface area contributed by atoms with Crippen LogP contribution in [0.25, 0.3) is 0 Å². The number of aromatic hydroxyl groups is 1. The van der Waals surface area contributed by atoms with Crippen LogP contribution in [0.2, 0.25) is 0 Å². The first-order valence-corrected chi connectivity index (χ1v) is 4.84. The lowest BCUT2D eigenvalue weighted by Gasteiger charge is -2.06. The standard InChI is InChI=1S/C12H12N2O2/c1-8-2-3-10(7-14-8)16-9-4-5-11(13)12(15)6-9/h2-7,15H,13H2,1H3. The van der Waals surface area contributed by atoms with Crippen LogP contribution in [0.1, 0.15) is 5.69 Å². The third-order valence-corrected chi connectivity index (χ3v) is 2.12. The van der Waals surface area contributed by atoms with Crippen molar-refractivity contribution in [3.05, 3.63) is 42.2 Å². The van der Waals surface area contributed by atoms with Gasteiger partial charge in [-0.3, -0.25) is 4.98 Å². The molecule has 0 atom stereocenters. The zero-order chi connectivity index (χ0) is 11.5. The molecule has 1 aromatic heterocycles. The topological polar surface area (TPSA) is 68.4 Å². The van der Waals surface area contributed by atoms with Crippen molar-refractivity contribution in [2.75, 3.05) is 5.73 Å². The summed E-state index contributed by atoms with van der Waals surface area (Å²) in [6.45, 7) is 1.90. The number of nitrogen functional groups attached to an aromatic ring is 1. The van der Waals surface area contributed by atoms with E-state index >= 15 is 0 Å². The van der Waals surface area contributed by atoms with E-state index in [9.17, 15) is 5.11 Å². The zero-order valence-electron chi connectivity index (χ0n) is 8.84. The van der Waals surface area contributed by atoms with E-state index in [0.717, 1.165) is 5.69 Å². The first-order valence-electron chi connectivity index (χ1n) is 4.84. The van der Waals surface area contributed by atoms with Gasteiger partial charge in [-0.05, 0) is 31.2 Å². The predicted molar refractivity (Wildman–Crippen MR) is 61.6 cm³/mol. The monoisotopic (exact) mass is 216 g/mol. The van der Waals surface area contributed by atoms with Crippen LogP contribution < -0.4 is 10.5 Å². The second-order valence-corrected chi connectivity index (χ2v) is 3.46. The van der Waals surface area contributed by atoms with Gasteiger partial charge in [-0.2, -0.15) is 0 Å². The quantitative estimate of drug-likeness (QED) is 0.597. The summed E-state index contributed by atoms with van der Waals surface area (Å²) in [5.74, 6) is 1.16. The molecule has 4 nitrogen and oxygen atoms in total. The molecule has 0 fully saturated rings. The number of nitrogens with two attached hydrogens (primary N) is 1. The Morgan fingerprint density at radius 1 is 1.19 bits per heavy atom. The fourth-order valence-electron chi connectivity index (χ4n) is 1.24. The third kappa shape index (κ3) is 2.23. The Morgan fingerprint density at radius 3 is 2.56 bits per heavy atom. The summed E-state index contributed by atoms with van der Waals surface area (Å²) < 4.78 is 5.49. The highest BCUT2D eigenvalue weighted by atomic mass is 16.5. The molecule has 0 saturated carbocycles. The number of aromatic nitrogens is 1. The van der Waals surface area contributed by atoms with Crippen molar-refractivity contribution in [1.29, 1.82) is 0 Å². The molecule has 2 rings (SSSR count). The molecular weight excluding hydrogens is 204 g/mol. The number of rotatable bonds is 2. The largest absolute Gasteiger partial charge is 0.506 e. The molecular formula is C12H12N2O2. The van der Waals surface area contributed by atoms with Gasteiger partial charge in [0.2, 0.25) is 0 Å². The van der Waals surface area contributed by atoms with Crippen LogP contribution in [0.5, 0.6) is 17.2 Å². The van der Waals surface area contributed by atoms with E-state index in [1.54, 1.807) is 18.3 Å². The molecule has 0 aliphatic carbocycles. The zero-order valence-corrected chi connectivity index (χ0v) is 8.84. The minimum atomic E-state index is 0.0116. The lowest BCUT2D eigenvalue weighted by Crippen LogP contribution is -1.89. The van der Waals surface area contributed by atoms with Crippen LogP contribution in [0.3, 0.4) is 0 Å². The molecule has 4 heteroatoms. The second-order valence-electron chi connectivity index (χ2n) is 3.46. The van der Waals surface area contributed by atoms with Gasteiger partial charge < -0.3 is 15.6 Å². The summed E-state index contributed by atoms with van der Waals surface area (Å²) in [5.41, 5.74) is 6.74. The summed E-state index contributed by atoms with van der Waals surface area (Å²) in [6, 6.07) is 8.42. The lowest BCUT2D eigenvalue weighted by molar-refractivity contribution is 0.456. The van der Waals surface area contributed by atoms with Gasteiger partial charge in [0.05, 0.1) is 11.9 Å². The molecule has 0 radical (unpaired) electrons. The molecule has 0 amide bonds. The molecule has 0 aliphatic rings. The summed E-state index contributed by atoms with van der Waals surface area (Å²) in [7, 11) is 0. The number of ether oxygens (including phenoxy) is 1. The fourth-order valence-corrected chi connectivity index (χ4v) is 1.24. The molecule has 2 aromatic rings. The van der Waals surface area contributed by atoms with Crippen molar-refractivity contribution >= 4 is 5.69 Å². The SMILES string of the molecule is Cc1ccc(Oc2ccc(N)c(O)c2)cn1. The maximum atomic E-state index is 9.40. The summed E-state index contributed by atoms with van der Waals surface area (Å²) in [4.78, 5) is 4.10. The Bertz CT molecular complexity index is 495. The van der Waals surface area contributed by atoms with Crippen molar-refractivity contribution < 1.29 is 9.84 Å². The van der Waals surface area contributed by atoms with Crippen molar-refractivity contribution in [3.8, 4) is 17.2 Å². The van der Waals surface area contributed by atoms with Gasteiger partial charge >= 0.3 is 0 Å². The number of hydrogen-bond donors (Lipinski definition) is 2. The highest BCUT2D eigenvalue weighted by Crippen LogP contribution is 2.28. The van der Waals surface area contributed by atoms with Crippen LogP contribution >= 0.6 is 0 Å². The van der Waals surface area contributed by atoms with Crippen LogP contribution in [-0.4, -0.2) is 10.1 Å². The number of aryl methyl sites for hydroxylation is 1. The highest BCUT2D eigenvalue weighted by molar-refractivity contribution is 5.55. The van der Waals surface area contributed by atoms with Crippen molar-refractivity contribution in [3.63, 3.8) is 0 Å². The first kappa shape index (κ1) is 10.3. The number of phenolic OH excluding ortho intramolecular Hbond substituents is 1. The number of phenols is 1. The Morgan fingerprint density at radius 2 is 1.94 bits per heavy atom. The summed E-state index contributed by atoms with van der Waals surface area (Å²) >= 11 is 0. The molecule has 0 aliphatic heterocycles. The molecule has 0 bridgehead atoms. The van der Waals surface area contributed by atoms with E-state index in [4.69, 9.17) is 10.5 Å². The molecule has 16 heavy (non-hydrogen) atoms. The van der Waals surface area contributed by atoms with Crippen molar-refractivity contribution in [1.82, 2.24) is 4.98 Å². The number of anilines is 1. The van der Waals surface area contributed by atoms with Crippen LogP contribution in [0, 0.1) is 6.92 Å². The molecule has 0 unspecified atom stereocenters. The minimum Gasteiger partial charge on any atom is -0.506 e. The van der Waals surface area contributed by atoms with Gasteiger partial charge in [0.15, 0.2) is 0 Å². The van der Waals surface area contributed by atoms with E-state index in [-0.39, 0.29) is 5.75 Å². The van der Waals surface area contributed by atoms with E-state index in [1.807, 2.05) is 19.1 Å². The highest BCUT2D eigenvalue weighted by Gasteiger charge is 2.01.